The maximum atomic E-state index is 12.4. The van der Waals surface area contributed by atoms with E-state index < -0.39 is 25.0 Å². The fourth-order valence-electron chi connectivity index (χ4n) is 5.47. The Morgan fingerprint density at radius 2 is 1.27 bits per heavy atom. The van der Waals surface area contributed by atoms with Gasteiger partial charge in [-0.25, -0.2) is 4.21 Å². The zero-order valence-electron chi connectivity index (χ0n) is 23.1. The Morgan fingerprint density at radius 3 is 1.75 bits per heavy atom. The van der Waals surface area contributed by atoms with E-state index in [1.807, 2.05) is 49.4 Å². The van der Waals surface area contributed by atoms with Gasteiger partial charge in [0.15, 0.2) is 8.07 Å². The van der Waals surface area contributed by atoms with Gasteiger partial charge in [-0.1, -0.05) is 133 Å². The third-order valence-electron chi connectivity index (χ3n) is 7.43. The van der Waals surface area contributed by atoms with Crippen molar-refractivity contribution in [2.45, 2.75) is 42.7 Å². The molecule has 2 nitrogen and oxygen atoms in total. The van der Waals surface area contributed by atoms with Crippen molar-refractivity contribution in [1.29, 1.82) is 0 Å². The van der Waals surface area contributed by atoms with Gasteiger partial charge >= 0.3 is 0 Å². The molecule has 4 rings (SSSR count). The van der Waals surface area contributed by atoms with E-state index in [1.54, 1.807) is 5.41 Å². The van der Waals surface area contributed by atoms with Gasteiger partial charge < -0.3 is 5.11 Å². The molecular weight excluding hydrogens is 525 g/mol. The summed E-state index contributed by atoms with van der Waals surface area (Å²) in [6.07, 6.45) is 9.66. The van der Waals surface area contributed by atoms with Crippen molar-refractivity contribution in [2.75, 3.05) is 0 Å². The van der Waals surface area contributed by atoms with E-state index in [0.29, 0.717) is 6.42 Å². The smallest absolute Gasteiger partial charge is 0.157 e. The second-order valence-corrected chi connectivity index (χ2v) is 15.4. The molecule has 0 fully saturated rings. The third kappa shape index (κ3) is 6.94. The van der Waals surface area contributed by atoms with Crippen molar-refractivity contribution in [3.63, 3.8) is 0 Å². The molecule has 4 aromatic rings. The van der Waals surface area contributed by atoms with Gasteiger partial charge in [0.1, 0.15) is 0 Å². The van der Waals surface area contributed by atoms with E-state index in [9.17, 15) is 9.32 Å². The van der Waals surface area contributed by atoms with Gasteiger partial charge in [-0.3, -0.25) is 0 Å². The van der Waals surface area contributed by atoms with Crippen LogP contribution in [0.4, 0.5) is 0 Å². The molecule has 0 aromatic heterocycles. The molecule has 0 amide bonds. The zero-order valence-corrected chi connectivity index (χ0v) is 24.9. The molecule has 0 saturated heterocycles. The Bertz CT molecular complexity index is 1320. The molecule has 0 heterocycles. The van der Waals surface area contributed by atoms with Crippen LogP contribution in [0.25, 0.3) is 0 Å². The monoisotopic (exact) mass is 562 g/mol. The number of rotatable bonds is 13. The largest absolute Gasteiger partial charge is 0.393 e. The highest BCUT2D eigenvalue weighted by Crippen LogP contribution is 2.30. The predicted octanol–water partition coefficient (Wildman–Crippen LogP) is 6.43. The molecule has 0 aliphatic carbocycles. The first-order valence-corrected chi connectivity index (χ1v) is 17.1. The molecule has 0 spiro atoms. The first kappa shape index (κ1) is 29.4. The van der Waals surface area contributed by atoms with Gasteiger partial charge in [-0.05, 0) is 53.9 Å². The van der Waals surface area contributed by atoms with Crippen molar-refractivity contribution >= 4 is 34.4 Å². The van der Waals surface area contributed by atoms with Gasteiger partial charge in [0.25, 0.3) is 0 Å². The molecule has 1 N–H and O–H groups in total. The molecule has 0 aliphatic rings. The Kier molecular flexibility index (Phi) is 10.8. The second kappa shape index (κ2) is 14.7. The molecule has 0 radical (unpaired) electrons. The highest BCUT2D eigenvalue weighted by Gasteiger charge is 2.47. The number of aliphatic hydroxyl groups excluding tert-OH is 1. The minimum Gasteiger partial charge on any atom is -0.393 e. The number of aryl methyl sites for hydroxylation is 1. The Labute approximate surface area is 242 Å². The van der Waals surface area contributed by atoms with Crippen LogP contribution in [0.3, 0.4) is 0 Å². The summed E-state index contributed by atoms with van der Waals surface area (Å²) in [6, 6.07) is 39.8. The standard InChI is InChI=1S/C36H38O2SSi/c1-3-36(35(37)24-16-5-4-6-17-29-39(38)31-27-25-30(2)26-28-31)40(32-18-10-7-11-19-32,33-20-12-8-13-21-33)34-22-14-9-15-23-34/h3-4,6-15,17-23,25-29,35-37H,1,5,16,24H2,2H3/b6-4+,29-17+/t35-,36+,39+/m0/s1. The normalized spacial score (nSPS) is 14.2. The molecule has 4 heteroatoms. The fraction of sp³-hybridized carbons (Fsp3) is 0.167. The molecule has 204 valence electrons. The van der Waals surface area contributed by atoms with E-state index in [-0.39, 0.29) is 5.54 Å². The topological polar surface area (TPSA) is 37.3 Å². The highest BCUT2D eigenvalue weighted by molar-refractivity contribution is 7.88. The number of aliphatic hydroxyl groups is 1. The van der Waals surface area contributed by atoms with Crippen LogP contribution in [-0.2, 0) is 10.8 Å². The summed E-state index contributed by atoms with van der Waals surface area (Å²) in [4.78, 5) is 0.803. The Hall–Kier alpha value is -3.57. The van der Waals surface area contributed by atoms with Crippen LogP contribution in [0.5, 0.6) is 0 Å². The molecule has 0 aliphatic heterocycles. The average Bonchev–Trinajstić information content (AvgIpc) is 3.00. The van der Waals surface area contributed by atoms with E-state index in [4.69, 9.17) is 0 Å². The van der Waals surface area contributed by atoms with Crippen LogP contribution >= 0.6 is 0 Å². The van der Waals surface area contributed by atoms with Crippen molar-refractivity contribution < 1.29 is 9.32 Å². The maximum Gasteiger partial charge on any atom is 0.157 e. The number of unbranched alkanes of at least 4 members (excludes halogenated alkanes) is 1. The van der Waals surface area contributed by atoms with Crippen LogP contribution in [0.2, 0.25) is 5.54 Å². The lowest BCUT2D eigenvalue weighted by Gasteiger charge is -2.41. The fourth-order valence-corrected chi connectivity index (χ4v) is 11.7. The minimum atomic E-state index is -2.68. The first-order chi connectivity index (χ1) is 19.6. The number of allylic oxidation sites excluding steroid dienone is 3. The average molecular weight is 563 g/mol. The molecule has 40 heavy (non-hydrogen) atoms. The maximum absolute atomic E-state index is 12.4. The van der Waals surface area contributed by atoms with Crippen LogP contribution in [0.15, 0.2) is 156 Å². The number of hydrogen-bond donors (Lipinski definition) is 1. The third-order valence-corrected chi connectivity index (χ3v) is 13.9. The Balaban J connectivity index is 1.51. The molecule has 0 unspecified atom stereocenters. The summed E-state index contributed by atoms with van der Waals surface area (Å²) in [6.45, 7) is 6.28. The quantitative estimate of drug-likeness (QED) is 0.0670. The van der Waals surface area contributed by atoms with E-state index >= 15 is 0 Å². The summed E-state index contributed by atoms with van der Waals surface area (Å²) in [5, 5.41) is 17.2. The van der Waals surface area contributed by atoms with Gasteiger partial charge in [-0.15, -0.1) is 6.58 Å². The minimum absolute atomic E-state index is 0.111. The lowest BCUT2D eigenvalue weighted by Crippen LogP contribution is -2.71. The van der Waals surface area contributed by atoms with Gasteiger partial charge in [0.2, 0.25) is 0 Å². The Morgan fingerprint density at radius 1 is 0.775 bits per heavy atom. The molecule has 0 saturated carbocycles. The molecule has 3 atom stereocenters. The van der Waals surface area contributed by atoms with Crippen molar-refractivity contribution in [1.82, 2.24) is 0 Å². The van der Waals surface area contributed by atoms with Crippen LogP contribution in [-0.4, -0.2) is 23.5 Å². The van der Waals surface area contributed by atoms with E-state index in [2.05, 4.69) is 104 Å². The number of benzene rings is 4. The van der Waals surface area contributed by atoms with Crippen molar-refractivity contribution in [2.24, 2.45) is 0 Å². The predicted molar refractivity (Wildman–Crippen MR) is 174 cm³/mol. The van der Waals surface area contributed by atoms with E-state index in [0.717, 1.165) is 23.3 Å². The lowest BCUT2D eigenvalue weighted by atomic mass is 10.1. The first-order valence-electron chi connectivity index (χ1n) is 13.8. The van der Waals surface area contributed by atoms with Gasteiger partial charge in [0.05, 0.1) is 16.9 Å². The molecular formula is C36H38O2SSi. The summed E-state index contributed by atoms with van der Waals surface area (Å²) in [5.74, 6) is 0. The summed E-state index contributed by atoms with van der Waals surface area (Å²) >= 11 is 0. The van der Waals surface area contributed by atoms with Crippen molar-refractivity contribution in [3.05, 3.63) is 157 Å². The summed E-state index contributed by atoms with van der Waals surface area (Å²) in [5.41, 5.74) is 1.04. The van der Waals surface area contributed by atoms with Gasteiger partial charge in [0, 0.05) is 15.8 Å². The van der Waals surface area contributed by atoms with Crippen molar-refractivity contribution in [3.8, 4) is 0 Å². The van der Waals surface area contributed by atoms with E-state index in [1.165, 1.54) is 15.6 Å². The van der Waals surface area contributed by atoms with Crippen LogP contribution in [0.1, 0.15) is 24.8 Å². The van der Waals surface area contributed by atoms with Crippen LogP contribution < -0.4 is 15.6 Å². The SMILES string of the molecule is C=C[C@H]([C@@H](O)CCC/C=C/C=C/[S@@](=O)c1ccc(C)cc1)[Si](c1ccccc1)(c1ccccc1)c1ccccc1. The molecule has 0 bridgehead atoms. The second-order valence-electron chi connectivity index (χ2n) is 10.0. The number of hydrogen-bond acceptors (Lipinski definition) is 2. The van der Waals surface area contributed by atoms with Gasteiger partial charge in [-0.2, -0.15) is 0 Å². The van der Waals surface area contributed by atoms with Crippen LogP contribution in [0, 0.1) is 6.92 Å². The molecule has 4 aromatic carbocycles. The zero-order chi connectivity index (χ0) is 28.2. The summed E-state index contributed by atoms with van der Waals surface area (Å²) in [7, 11) is -3.83. The summed E-state index contributed by atoms with van der Waals surface area (Å²) < 4.78 is 12.4. The highest BCUT2D eigenvalue weighted by atomic mass is 32.2. The lowest BCUT2D eigenvalue weighted by molar-refractivity contribution is 0.164.